The van der Waals surface area contributed by atoms with E-state index in [2.05, 4.69) is 55.4 Å². The molecule has 2 aliphatic carbocycles. The van der Waals surface area contributed by atoms with Gasteiger partial charge in [-0.25, -0.2) is 0 Å². The Morgan fingerprint density at radius 3 is 1.90 bits per heavy atom. The second kappa shape index (κ2) is 8.47. The highest BCUT2D eigenvalue weighted by atomic mass is 35.5. The molecule has 0 N–H and O–H groups in total. The molecule has 0 fully saturated rings. The van der Waals surface area contributed by atoms with Crippen molar-refractivity contribution in [2.24, 2.45) is 0 Å². The molecule has 3 heteroatoms. The summed E-state index contributed by atoms with van der Waals surface area (Å²) >= 11 is 7.80. The van der Waals surface area contributed by atoms with Crippen molar-refractivity contribution in [2.75, 3.05) is 26.4 Å². The van der Waals surface area contributed by atoms with Crippen LogP contribution in [-0.4, -0.2) is 31.3 Å². The molecule has 0 unspecified atom stereocenters. The number of benzene rings is 2. The highest BCUT2D eigenvalue weighted by molar-refractivity contribution is 7.98. The van der Waals surface area contributed by atoms with Crippen LogP contribution < -0.4 is 0 Å². The highest BCUT2D eigenvalue weighted by Crippen LogP contribution is 2.15. The summed E-state index contributed by atoms with van der Waals surface area (Å²) in [6.45, 7) is 1.17. The van der Waals surface area contributed by atoms with Gasteiger partial charge in [-0.1, -0.05) is 48.0 Å². The SMILES string of the molecule is CN(C)CCCSCc1ccc(Cl)cc1.c1cc2ccc1=2. The van der Waals surface area contributed by atoms with Crippen molar-refractivity contribution in [3.8, 4) is 0 Å². The van der Waals surface area contributed by atoms with Crippen LogP contribution in [0.4, 0.5) is 0 Å². The molecule has 0 radical (unpaired) electrons. The van der Waals surface area contributed by atoms with E-state index < -0.39 is 0 Å². The fourth-order valence-electron chi connectivity index (χ4n) is 1.92. The summed E-state index contributed by atoms with van der Waals surface area (Å²) in [4.78, 5) is 2.23. The van der Waals surface area contributed by atoms with Gasteiger partial charge in [-0.2, -0.15) is 11.8 Å². The van der Waals surface area contributed by atoms with Crippen molar-refractivity contribution in [2.45, 2.75) is 12.2 Å². The number of hydrogen-bond donors (Lipinski definition) is 0. The monoisotopic (exact) mass is 319 g/mol. The second-order valence-corrected chi connectivity index (χ2v) is 6.95. The third-order valence-corrected chi connectivity index (χ3v) is 4.66. The van der Waals surface area contributed by atoms with E-state index in [0.717, 1.165) is 10.8 Å². The van der Waals surface area contributed by atoms with Gasteiger partial charge >= 0.3 is 0 Å². The summed E-state index contributed by atoms with van der Waals surface area (Å²) in [7, 11) is 4.23. The molecule has 2 aliphatic rings. The third kappa shape index (κ3) is 5.74. The minimum atomic E-state index is 0.816. The fraction of sp³-hybridized carbons (Fsp3) is 0.333. The van der Waals surface area contributed by atoms with E-state index in [0.29, 0.717) is 0 Å². The molecule has 0 aromatic heterocycles. The molecule has 0 aliphatic heterocycles. The van der Waals surface area contributed by atoms with Gasteiger partial charge in [0.05, 0.1) is 0 Å². The lowest BCUT2D eigenvalue weighted by Gasteiger charge is -2.08. The van der Waals surface area contributed by atoms with E-state index in [1.54, 1.807) is 0 Å². The molecule has 0 saturated carbocycles. The molecule has 0 spiro atoms. The maximum Gasteiger partial charge on any atom is 0.0406 e. The molecule has 112 valence electrons. The zero-order chi connectivity index (χ0) is 15.1. The predicted octanol–water partition coefficient (Wildman–Crippen LogP) is 4.81. The van der Waals surface area contributed by atoms with Crippen molar-refractivity contribution in [1.29, 1.82) is 0 Å². The van der Waals surface area contributed by atoms with Gasteiger partial charge < -0.3 is 4.90 Å². The van der Waals surface area contributed by atoms with Gasteiger partial charge in [-0.3, -0.25) is 0 Å². The summed E-state index contributed by atoms with van der Waals surface area (Å²) in [6, 6.07) is 16.6. The maximum atomic E-state index is 5.82. The predicted molar refractivity (Wildman–Crippen MR) is 94.9 cm³/mol. The van der Waals surface area contributed by atoms with Gasteiger partial charge in [0, 0.05) is 10.8 Å². The molecule has 0 saturated heterocycles. The smallest absolute Gasteiger partial charge is 0.0406 e. The van der Waals surface area contributed by atoms with Gasteiger partial charge in [-0.05, 0) is 60.9 Å². The summed E-state index contributed by atoms with van der Waals surface area (Å²) in [5, 5.41) is 3.67. The molecule has 21 heavy (non-hydrogen) atoms. The van der Waals surface area contributed by atoms with Crippen molar-refractivity contribution >= 4 is 23.4 Å². The first-order valence-electron chi connectivity index (χ1n) is 7.22. The average Bonchev–Trinajstić information content (AvgIpc) is 2.45. The Hall–Kier alpha value is -0.960. The average molecular weight is 320 g/mol. The molecule has 1 aromatic carbocycles. The fourth-order valence-corrected chi connectivity index (χ4v) is 2.95. The van der Waals surface area contributed by atoms with E-state index in [-0.39, 0.29) is 0 Å². The zero-order valence-corrected chi connectivity index (χ0v) is 14.3. The van der Waals surface area contributed by atoms with Crippen LogP contribution in [0.5, 0.6) is 0 Å². The van der Waals surface area contributed by atoms with Gasteiger partial charge in [-0.15, -0.1) is 0 Å². The summed E-state index contributed by atoms with van der Waals surface area (Å²) in [5.74, 6) is 2.31. The summed E-state index contributed by atoms with van der Waals surface area (Å²) < 4.78 is 0. The Kier molecular flexibility index (Phi) is 6.62. The zero-order valence-electron chi connectivity index (χ0n) is 12.7. The lowest BCUT2D eigenvalue weighted by molar-refractivity contribution is 0.410. The van der Waals surface area contributed by atoms with Gasteiger partial charge in [0.25, 0.3) is 0 Å². The highest BCUT2D eigenvalue weighted by Gasteiger charge is 1.95. The molecular formula is C18H22ClNS. The Morgan fingerprint density at radius 2 is 1.48 bits per heavy atom. The first-order valence-corrected chi connectivity index (χ1v) is 8.76. The Labute approximate surface area is 136 Å². The Balaban J connectivity index is 0.000000218. The van der Waals surface area contributed by atoms with Crippen LogP contribution in [-0.2, 0) is 5.75 Å². The number of rotatable bonds is 6. The van der Waals surface area contributed by atoms with E-state index in [4.69, 9.17) is 11.6 Å². The molecular weight excluding hydrogens is 298 g/mol. The first-order chi connectivity index (χ1) is 10.1. The lowest BCUT2D eigenvalue weighted by Crippen LogP contribution is -2.13. The van der Waals surface area contributed by atoms with Crippen LogP contribution in [0.3, 0.4) is 0 Å². The van der Waals surface area contributed by atoms with Crippen LogP contribution in [0.2, 0.25) is 5.02 Å². The molecule has 0 amide bonds. The largest absolute Gasteiger partial charge is 0.309 e. The number of halogens is 1. The van der Waals surface area contributed by atoms with Crippen LogP contribution >= 0.6 is 23.4 Å². The van der Waals surface area contributed by atoms with Crippen molar-refractivity contribution < 1.29 is 0 Å². The summed E-state index contributed by atoms with van der Waals surface area (Å²) in [6.07, 6.45) is 1.26. The minimum absolute atomic E-state index is 0.816. The lowest BCUT2D eigenvalue weighted by atomic mass is 10.1. The van der Waals surface area contributed by atoms with Gasteiger partial charge in [0.1, 0.15) is 0 Å². The molecule has 0 heterocycles. The van der Waals surface area contributed by atoms with Crippen molar-refractivity contribution in [3.05, 3.63) is 69.6 Å². The maximum absolute atomic E-state index is 5.82. The van der Waals surface area contributed by atoms with Crippen LogP contribution in [0.25, 0.3) is 0 Å². The first kappa shape index (κ1) is 16.4. The van der Waals surface area contributed by atoms with Crippen molar-refractivity contribution in [1.82, 2.24) is 4.90 Å². The Bertz CT molecular complexity index is 587. The van der Waals surface area contributed by atoms with Crippen LogP contribution in [0.1, 0.15) is 12.0 Å². The van der Waals surface area contributed by atoms with Crippen molar-refractivity contribution in [3.63, 3.8) is 0 Å². The number of thioether (sulfide) groups is 1. The van der Waals surface area contributed by atoms with Gasteiger partial charge in [0.2, 0.25) is 0 Å². The molecule has 3 rings (SSSR count). The van der Waals surface area contributed by atoms with Gasteiger partial charge in [0.15, 0.2) is 0 Å². The standard InChI is InChI=1S/C12H18ClNS.C6H4/c1-14(2)8-3-9-15-10-11-4-6-12(13)7-5-11;1-2-6-4-3-5(1)6/h4-7H,3,8-10H2,1-2H3;1-4H. The quantitative estimate of drug-likeness (QED) is 0.600. The number of nitrogens with zero attached hydrogens (tertiary/aromatic N) is 1. The van der Waals surface area contributed by atoms with E-state index in [1.807, 2.05) is 23.9 Å². The molecule has 0 atom stereocenters. The summed E-state index contributed by atoms with van der Waals surface area (Å²) in [5.41, 5.74) is 1.36. The normalized spacial score (nSPS) is 11.0. The van der Waals surface area contributed by atoms with Crippen LogP contribution in [0.15, 0.2) is 48.5 Å². The molecule has 1 nitrogen and oxygen atoms in total. The molecule has 0 bridgehead atoms. The Morgan fingerprint density at radius 1 is 0.905 bits per heavy atom. The third-order valence-electron chi connectivity index (χ3n) is 3.29. The topological polar surface area (TPSA) is 3.24 Å². The molecule has 1 aromatic rings. The van der Waals surface area contributed by atoms with E-state index in [1.165, 1.54) is 34.7 Å². The van der Waals surface area contributed by atoms with Crippen LogP contribution in [0, 0.1) is 10.4 Å². The second-order valence-electron chi connectivity index (χ2n) is 5.41. The number of hydrogen-bond acceptors (Lipinski definition) is 2. The van der Waals surface area contributed by atoms with E-state index in [9.17, 15) is 0 Å². The van der Waals surface area contributed by atoms with E-state index >= 15 is 0 Å². The minimum Gasteiger partial charge on any atom is -0.309 e.